The number of rotatable bonds is 3. The Balaban J connectivity index is 2.21. The molecule has 1 aliphatic rings. The van der Waals surface area contributed by atoms with E-state index in [9.17, 15) is 4.79 Å². The zero-order valence-corrected chi connectivity index (χ0v) is 12.2. The Morgan fingerprint density at radius 2 is 1.62 bits per heavy atom. The highest BCUT2D eigenvalue weighted by Crippen LogP contribution is 2.39. The van der Waals surface area contributed by atoms with E-state index in [0.29, 0.717) is 29.0 Å². The van der Waals surface area contributed by atoms with Crippen LogP contribution in [0, 0.1) is 0 Å². The van der Waals surface area contributed by atoms with Gasteiger partial charge in [0.25, 0.3) is 0 Å². The summed E-state index contributed by atoms with van der Waals surface area (Å²) in [5.74, 6) is 1.99. The lowest BCUT2D eigenvalue weighted by Gasteiger charge is -2.23. The fourth-order valence-electron chi connectivity index (χ4n) is 2.78. The molecule has 0 aromatic heterocycles. The highest BCUT2D eigenvalue weighted by Gasteiger charge is 2.29. The van der Waals surface area contributed by atoms with Gasteiger partial charge >= 0.3 is 0 Å². The molecule has 2 aromatic rings. The Morgan fingerprint density at radius 1 is 0.905 bits per heavy atom. The zero-order valence-electron chi connectivity index (χ0n) is 12.2. The normalized spacial score (nSPS) is 12.4. The van der Waals surface area contributed by atoms with Crippen LogP contribution in [0.2, 0.25) is 0 Å². The smallest absolute Gasteiger partial charge is 0.197 e. The van der Waals surface area contributed by atoms with Crippen LogP contribution < -0.4 is 14.2 Å². The molecule has 0 bridgehead atoms. The molecule has 0 saturated carbocycles. The highest BCUT2D eigenvalue weighted by molar-refractivity contribution is 6.14. The predicted molar refractivity (Wildman–Crippen MR) is 78.8 cm³/mol. The van der Waals surface area contributed by atoms with Gasteiger partial charge in [-0.3, -0.25) is 4.79 Å². The van der Waals surface area contributed by atoms with Gasteiger partial charge in [0.2, 0.25) is 0 Å². The molecule has 0 atom stereocenters. The number of carbonyl (C=O) groups is 1. The van der Waals surface area contributed by atoms with Crippen molar-refractivity contribution >= 4 is 5.78 Å². The first kappa shape index (κ1) is 13.5. The Bertz CT molecular complexity index is 719. The molecule has 0 unspecified atom stereocenters. The number of fused-ring (bicyclic) bond motifs is 2. The van der Waals surface area contributed by atoms with Crippen molar-refractivity contribution in [3.8, 4) is 17.2 Å². The van der Waals surface area contributed by atoms with E-state index in [0.717, 1.165) is 16.9 Å². The summed E-state index contributed by atoms with van der Waals surface area (Å²) in [7, 11) is 4.79. The van der Waals surface area contributed by atoms with E-state index in [1.54, 1.807) is 39.5 Å². The van der Waals surface area contributed by atoms with E-state index in [4.69, 9.17) is 14.2 Å². The van der Waals surface area contributed by atoms with Crippen molar-refractivity contribution in [2.75, 3.05) is 21.3 Å². The van der Waals surface area contributed by atoms with Crippen LogP contribution in [-0.4, -0.2) is 27.1 Å². The third-order valence-corrected chi connectivity index (χ3v) is 3.82. The van der Waals surface area contributed by atoms with Gasteiger partial charge in [0.1, 0.15) is 17.2 Å². The lowest BCUT2D eigenvalue weighted by molar-refractivity contribution is 0.103. The first-order valence-corrected chi connectivity index (χ1v) is 6.65. The maximum atomic E-state index is 12.8. The summed E-state index contributed by atoms with van der Waals surface area (Å²) in [6.45, 7) is 0. The molecule has 0 amide bonds. The van der Waals surface area contributed by atoms with Crippen molar-refractivity contribution < 1.29 is 19.0 Å². The predicted octanol–water partition coefficient (Wildman–Crippen LogP) is 2.85. The van der Waals surface area contributed by atoms with Crippen LogP contribution in [0.5, 0.6) is 17.2 Å². The lowest BCUT2D eigenvalue weighted by Crippen LogP contribution is -2.17. The molecule has 1 aliphatic carbocycles. The van der Waals surface area contributed by atoms with E-state index in [1.165, 1.54) is 0 Å². The quantitative estimate of drug-likeness (QED) is 0.742. The Morgan fingerprint density at radius 3 is 2.29 bits per heavy atom. The monoisotopic (exact) mass is 284 g/mol. The molecule has 108 valence electrons. The number of carbonyl (C=O) groups excluding carboxylic acids is 1. The molecule has 0 fully saturated rings. The molecule has 0 N–H and O–H groups in total. The highest BCUT2D eigenvalue weighted by atomic mass is 16.5. The van der Waals surface area contributed by atoms with Gasteiger partial charge < -0.3 is 14.2 Å². The fourth-order valence-corrected chi connectivity index (χ4v) is 2.78. The molecular formula is C17H16O4. The summed E-state index contributed by atoms with van der Waals surface area (Å²) in [6, 6.07) is 9.10. The minimum absolute atomic E-state index is 0.0374. The Hall–Kier alpha value is -2.49. The summed E-state index contributed by atoms with van der Waals surface area (Å²) < 4.78 is 16.0. The zero-order chi connectivity index (χ0) is 15.0. The number of benzene rings is 2. The SMILES string of the molecule is COc1ccc2c(c1)Cc1c(OC)ccc(OC)c1C2=O. The fraction of sp³-hybridized carbons (Fsp3) is 0.235. The summed E-state index contributed by atoms with van der Waals surface area (Å²) in [6.07, 6.45) is 0.619. The molecule has 0 aliphatic heterocycles. The molecule has 4 heteroatoms. The maximum Gasteiger partial charge on any atom is 0.197 e. The van der Waals surface area contributed by atoms with Crippen LogP contribution in [0.1, 0.15) is 27.0 Å². The second-order valence-corrected chi connectivity index (χ2v) is 4.85. The van der Waals surface area contributed by atoms with Crippen molar-refractivity contribution in [2.24, 2.45) is 0 Å². The Kier molecular flexibility index (Phi) is 3.29. The van der Waals surface area contributed by atoms with Crippen molar-refractivity contribution in [3.63, 3.8) is 0 Å². The van der Waals surface area contributed by atoms with Gasteiger partial charge in [0.15, 0.2) is 5.78 Å². The molecule has 4 nitrogen and oxygen atoms in total. The number of ether oxygens (including phenoxy) is 3. The molecule has 0 heterocycles. The van der Waals surface area contributed by atoms with Crippen LogP contribution in [0.3, 0.4) is 0 Å². The van der Waals surface area contributed by atoms with Crippen LogP contribution in [0.4, 0.5) is 0 Å². The Labute approximate surface area is 123 Å². The van der Waals surface area contributed by atoms with Gasteiger partial charge in [-0.15, -0.1) is 0 Å². The van der Waals surface area contributed by atoms with Gasteiger partial charge in [0, 0.05) is 17.5 Å². The molecule has 0 radical (unpaired) electrons. The molecular weight excluding hydrogens is 268 g/mol. The van der Waals surface area contributed by atoms with E-state index in [1.807, 2.05) is 12.1 Å². The summed E-state index contributed by atoms with van der Waals surface area (Å²) in [5, 5.41) is 0. The summed E-state index contributed by atoms with van der Waals surface area (Å²) >= 11 is 0. The van der Waals surface area contributed by atoms with Crippen LogP contribution in [-0.2, 0) is 6.42 Å². The topological polar surface area (TPSA) is 44.8 Å². The van der Waals surface area contributed by atoms with E-state index in [2.05, 4.69) is 0 Å². The second kappa shape index (κ2) is 5.13. The third kappa shape index (κ3) is 2.03. The third-order valence-electron chi connectivity index (χ3n) is 3.82. The first-order chi connectivity index (χ1) is 10.2. The van der Waals surface area contributed by atoms with Crippen molar-refractivity contribution in [3.05, 3.63) is 52.6 Å². The number of ketones is 1. The number of hydrogen-bond acceptors (Lipinski definition) is 4. The van der Waals surface area contributed by atoms with Crippen LogP contribution in [0.15, 0.2) is 30.3 Å². The van der Waals surface area contributed by atoms with E-state index in [-0.39, 0.29) is 5.78 Å². The average molecular weight is 284 g/mol. The summed E-state index contributed by atoms with van der Waals surface area (Å²) in [5.41, 5.74) is 3.09. The van der Waals surface area contributed by atoms with Gasteiger partial charge in [-0.2, -0.15) is 0 Å². The van der Waals surface area contributed by atoms with Gasteiger partial charge in [-0.1, -0.05) is 0 Å². The largest absolute Gasteiger partial charge is 0.497 e. The van der Waals surface area contributed by atoms with Gasteiger partial charge in [-0.05, 0) is 35.9 Å². The van der Waals surface area contributed by atoms with E-state index >= 15 is 0 Å². The van der Waals surface area contributed by atoms with E-state index < -0.39 is 0 Å². The van der Waals surface area contributed by atoms with Gasteiger partial charge in [-0.25, -0.2) is 0 Å². The van der Waals surface area contributed by atoms with Crippen molar-refractivity contribution in [2.45, 2.75) is 6.42 Å². The number of hydrogen-bond donors (Lipinski definition) is 0. The average Bonchev–Trinajstić information content (AvgIpc) is 2.53. The lowest BCUT2D eigenvalue weighted by atomic mass is 9.84. The van der Waals surface area contributed by atoms with Crippen LogP contribution in [0.25, 0.3) is 0 Å². The molecule has 3 rings (SSSR count). The minimum atomic E-state index is -0.0374. The van der Waals surface area contributed by atoms with Crippen LogP contribution >= 0.6 is 0 Å². The molecule has 21 heavy (non-hydrogen) atoms. The molecule has 2 aromatic carbocycles. The summed E-state index contributed by atoms with van der Waals surface area (Å²) in [4.78, 5) is 12.8. The minimum Gasteiger partial charge on any atom is -0.497 e. The maximum absolute atomic E-state index is 12.8. The second-order valence-electron chi connectivity index (χ2n) is 4.85. The van der Waals surface area contributed by atoms with Gasteiger partial charge in [0.05, 0.1) is 26.9 Å². The van der Waals surface area contributed by atoms with Crippen molar-refractivity contribution in [1.82, 2.24) is 0 Å². The first-order valence-electron chi connectivity index (χ1n) is 6.65. The molecule has 0 spiro atoms. The standard InChI is InChI=1S/C17H16O4/c1-19-11-4-5-12-10(8-11)9-13-14(20-2)6-7-15(21-3)16(13)17(12)18/h4-8H,9H2,1-3H3. The number of methoxy groups -OCH3 is 3. The molecule has 0 saturated heterocycles. The van der Waals surface area contributed by atoms with Crippen molar-refractivity contribution in [1.29, 1.82) is 0 Å².